The fourth-order valence-electron chi connectivity index (χ4n) is 2.30. The van der Waals surface area contributed by atoms with Gasteiger partial charge in [0.25, 0.3) is 0 Å². The summed E-state index contributed by atoms with van der Waals surface area (Å²) in [6.07, 6.45) is 0. The van der Waals surface area contributed by atoms with E-state index in [0.29, 0.717) is 16.7 Å². The summed E-state index contributed by atoms with van der Waals surface area (Å²) in [5.74, 6) is 0.963. The summed E-state index contributed by atoms with van der Waals surface area (Å²) < 4.78 is 1.86. The van der Waals surface area contributed by atoms with Gasteiger partial charge in [-0.15, -0.1) is 10.2 Å². The van der Waals surface area contributed by atoms with Gasteiger partial charge in [0, 0.05) is 24.2 Å². The van der Waals surface area contributed by atoms with Crippen molar-refractivity contribution in [3.63, 3.8) is 0 Å². The Morgan fingerprint density at radius 1 is 1.16 bits per heavy atom. The van der Waals surface area contributed by atoms with E-state index in [0.717, 1.165) is 17.0 Å². The van der Waals surface area contributed by atoms with Crippen LogP contribution in [0.25, 0.3) is 11.4 Å². The molecule has 0 aliphatic heterocycles. The van der Waals surface area contributed by atoms with E-state index in [1.165, 1.54) is 11.8 Å². The van der Waals surface area contributed by atoms with Crippen LogP contribution >= 0.6 is 23.4 Å². The van der Waals surface area contributed by atoms with Crippen molar-refractivity contribution in [2.75, 3.05) is 5.75 Å². The number of nitrogens with zero attached hydrogens (tertiary/aromatic N) is 3. The first-order chi connectivity index (χ1) is 12.1. The van der Waals surface area contributed by atoms with Crippen LogP contribution in [-0.4, -0.2) is 26.4 Å². The Hall–Kier alpha value is -2.31. The van der Waals surface area contributed by atoms with Crippen LogP contribution < -0.4 is 5.32 Å². The van der Waals surface area contributed by atoms with Crippen molar-refractivity contribution >= 4 is 29.3 Å². The van der Waals surface area contributed by atoms with Gasteiger partial charge in [-0.25, -0.2) is 0 Å². The Labute approximate surface area is 155 Å². The third kappa shape index (κ3) is 4.61. The lowest BCUT2D eigenvalue weighted by molar-refractivity contribution is -0.118. The molecule has 0 spiro atoms. The van der Waals surface area contributed by atoms with Crippen LogP contribution in [0.1, 0.15) is 5.56 Å². The number of carbonyl (C=O) groups is 1. The van der Waals surface area contributed by atoms with Gasteiger partial charge in [-0.1, -0.05) is 65.8 Å². The van der Waals surface area contributed by atoms with Crippen LogP contribution in [0, 0.1) is 0 Å². The zero-order valence-corrected chi connectivity index (χ0v) is 15.2. The number of nitrogens with one attached hydrogen (secondary N) is 1. The smallest absolute Gasteiger partial charge is 0.230 e. The zero-order valence-electron chi connectivity index (χ0n) is 13.6. The summed E-state index contributed by atoms with van der Waals surface area (Å²) >= 11 is 7.38. The Kier molecular flexibility index (Phi) is 5.73. The van der Waals surface area contributed by atoms with Crippen LogP contribution in [0.2, 0.25) is 5.02 Å². The zero-order chi connectivity index (χ0) is 17.6. The van der Waals surface area contributed by atoms with Gasteiger partial charge >= 0.3 is 0 Å². The van der Waals surface area contributed by atoms with Crippen LogP contribution in [0.3, 0.4) is 0 Å². The molecule has 0 saturated carbocycles. The molecular weight excluding hydrogens is 356 g/mol. The predicted octanol–water partition coefficient (Wildman–Crippen LogP) is 3.54. The number of rotatable bonds is 6. The van der Waals surface area contributed by atoms with Gasteiger partial charge in [0.2, 0.25) is 5.91 Å². The highest BCUT2D eigenvalue weighted by molar-refractivity contribution is 7.99. The van der Waals surface area contributed by atoms with Crippen molar-refractivity contribution in [3.8, 4) is 11.4 Å². The van der Waals surface area contributed by atoms with Gasteiger partial charge in [0.15, 0.2) is 11.0 Å². The highest BCUT2D eigenvalue weighted by atomic mass is 35.5. The second kappa shape index (κ2) is 8.18. The summed E-state index contributed by atoms with van der Waals surface area (Å²) in [7, 11) is 1.88. The summed E-state index contributed by atoms with van der Waals surface area (Å²) in [5, 5.41) is 12.6. The van der Waals surface area contributed by atoms with Crippen molar-refractivity contribution < 1.29 is 4.79 Å². The SMILES string of the molecule is Cn1c(SCC(=O)NCc2ccccc2)nnc1-c1cccc(Cl)c1. The predicted molar refractivity (Wildman–Crippen MR) is 100 cm³/mol. The van der Waals surface area contributed by atoms with Crippen molar-refractivity contribution in [1.82, 2.24) is 20.1 Å². The van der Waals surface area contributed by atoms with E-state index in [-0.39, 0.29) is 11.7 Å². The maximum absolute atomic E-state index is 12.0. The molecule has 5 nitrogen and oxygen atoms in total. The van der Waals surface area contributed by atoms with Crippen LogP contribution in [0.5, 0.6) is 0 Å². The molecule has 0 fully saturated rings. The minimum absolute atomic E-state index is 0.0406. The number of hydrogen-bond acceptors (Lipinski definition) is 4. The second-order valence-electron chi connectivity index (χ2n) is 5.43. The fraction of sp³-hybridized carbons (Fsp3) is 0.167. The van der Waals surface area contributed by atoms with Crippen molar-refractivity contribution in [3.05, 3.63) is 65.2 Å². The van der Waals surface area contributed by atoms with Gasteiger partial charge in [-0.2, -0.15) is 0 Å². The van der Waals surface area contributed by atoms with Gasteiger partial charge in [0.05, 0.1) is 5.75 Å². The van der Waals surface area contributed by atoms with E-state index in [4.69, 9.17) is 11.6 Å². The Morgan fingerprint density at radius 2 is 1.96 bits per heavy atom. The quantitative estimate of drug-likeness (QED) is 0.672. The maximum Gasteiger partial charge on any atom is 0.230 e. The van der Waals surface area contributed by atoms with Gasteiger partial charge in [-0.3, -0.25) is 4.79 Å². The molecule has 0 atom stereocenters. The van der Waals surface area contributed by atoms with E-state index in [2.05, 4.69) is 15.5 Å². The molecule has 1 aromatic heterocycles. The summed E-state index contributed by atoms with van der Waals surface area (Å²) in [6, 6.07) is 17.3. The third-order valence-corrected chi connectivity index (χ3v) is 4.84. The monoisotopic (exact) mass is 372 g/mol. The average Bonchev–Trinajstić information content (AvgIpc) is 3.00. The summed E-state index contributed by atoms with van der Waals surface area (Å²) in [5.41, 5.74) is 1.96. The number of thioether (sulfide) groups is 1. The Balaban J connectivity index is 1.58. The average molecular weight is 373 g/mol. The molecular formula is C18H17ClN4OS. The Bertz CT molecular complexity index is 867. The van der Waals surface area contributed by atoms with Gasteiger partial charge < -0.3 is 9.88 Å². The highest BCUT2D eigenvalue weighted by Gasteiger charge is 2.13. The molecule has 25 heavy (non-hydrogen) atoms. The molecule has 3 aromatic rings. The molecule has 7 heteroatoms. The fourth-order valence-corrected chi connectivity index (χ4v) is 3.23. The van der Waals surface area contributed by atoms with Crippen LogP contribution in [0.15, 0.2) is 59.8 Å². The van der Waals surface area contributed by atoms with Crippen LogP contribution in [-0.2, 0) is 18.4 Å². The second-order valence-corrected chi connectivity index (χ2v) is 6.81. The molecule has 128 valence electrons. The van der Waals surface area contributed by atoms with Crippen molar-refractivity contribution in [1.29, 1.82) is 0 Å². The van der Waals surface area contributed by atoms with E-state index in [1.54, 1.807) is 0 Å². The number of amides is 1. The van der Waals surface area contributed by atoms with Crippen LogP contribution in [0.4, 0.5) is 0 Å². The molecule has 1 amide bonds. The molecule has 0 aliphatic carbocycles. The molecule has 0 radical (unpaired) electrons. The third-order valence-electron chi connectivity index (χ3n) is 3.58. The molecule has 1 N–H and O–H groups in total. The first-order valence-corrected chi connectivity index (χ1v) is 9.08. The number of hydrogen-bond donors (Lipinski definition) is 1. The lowest BCUT2D eigenvalue weighted by Gasteiger charge is -2.06. The molecule has 3 rings (SSSR count). The molecule has 2 aromatic carbocycles. The highest BCUT2D eigenvalue weighted by Crippen LogP contribution is 2.24. The van der Waals surface area contributed by atoms with E-state index >= 15 is 0 Å². The van der Waals surface area contributed by atoms with Gasteiger partial charge in [0.1, 0.15) is 0 Å². The minimum Gasteiger partial charge on any atom is -0.351 e. The summed E-state index contributed by atoms with van der Waals surface area (Å²) in [6.45, 7) is 0.521. The first kappa shape index (κ1) is 17.5. The minimum atomic E-state index is -0.0406. The van der Waals surface area contributed by atoms with Crippen molar-refractivity contribution in [2.24, 2.45) is 7.05 Å². The molecule has 0 bridgehead atoms. The number of halogens is 1. The topological polar surface area (TPSA) is 59.8 Å². The van der Waals surface area contributed by atoms with Gasteiger partial charge in [-0.05, 0) is 17.7 Å². The Morgan fingerprint density at radius 3 is 2.72 bits per heavy atom. The lowest BCUT2D eigenvalue weighted by atomic mass is 10.2. The number of aromatic nitrogens is 3. The van der Waals surface area contributed by atoms with Crippen molar-refractivity contribution in [2.45, 2.75) is 11.7 Å². The summed E-state index contributed by atoms with van der Waals surface area (Å²) in [4.78, 5) is 12.0. The van der Waals surface area contributed by atoms with E-state index in [1.807, 2.05) is 66.2 Å². The molecule has 0 saturated heterocycles. The van der Waals surface area contributed by atoms with E-state index in [9.17, 15) is 4.79 Å². The van der Waals surface area contributed by atoms with E-state index < -0.39 is 0 Å². The number of benzene rings is 2. The largest absolute Gasteiger partial charge is 0.351 e. The first-order valence-electron chi connectivity index (χ1n) is 7.72. The maximum atomic E-state index is 12.0. The lowest BCUT2D eigenvalue weighted by Crippen LogP contribution is -2.24. The molecule has 0 aliphatic rings. The molecule has 0 unspecified atom stereocenters. The normalized spacial score (nSPS) is 10.6. The molecule has 1 heterocycles. The standard InChI is InChI=1S/C18H17ClN4OS/c1-23-17(14-8-5-9-15(19)10-14)21-22-18(23)25-12-16(24)20-11-13-6-3-2-4-7-13/h2-10H,11-12H2,1H3,(H,20,24). The number of carbonyl (C=O) groups excluding carboxylic acids is 1.